The Morgan fingerprint density at radius 2 is 1.71 bits per heavy atom. The molecular formula is C23H26N2O3. The van der Waals surface area contributed by atoms with Crippen LogP contribution < -0.4 is 19.1 Å². The van der Waals surface area contributed by atoms with Crippen LogP contribution in [0.15, 0.2) is 42.5 Å². The molecule has 1 aliphatic rings. The lowest BCUT2D eigenvalue weighted by Gasteiger charge is -2.20. The van der Waals surface area contributed by atoms with Crippen LogP contribution in [-0.2, 0) is 6.61 Å². The molecule has 0 N–H and O–H groups in total. The van der Waals surface area contributed by atoms with Crippen molar-refractivity contribution in [2.75, 3.05) is 32.2 Å². The van der Waals surface area contributed by atoms with E-state index in [1.54, 1.807) is 14.2 Å². The minimum Gasteiger partial charge on any atom is -0.493 e. The third-order valence-corrected chi connectivity index (χ3v) is 5.19. The molecule has 28 heavy (non-hydrogen) atoms. The molecular weight excluding hydrogens is 352 g/mol. The number of aryl methyl sites for hydroxylation is 1. The van der Waals surface area contributed by atoms with Gasteiger partial charge in [0, 0.05) is 35.9 Å². The van der Waals surface area contributed by atoms with Crippen LogP contribution >= 0.6 is 0 Å². The van der Waals surface area contributed by atoms with E-state index >= 15 is 0 Å². The Balaban J connectivity index is 1.56. The molecule has 0 aliphatic carbocycles. The van der Waals surface area contributed by atoms with E-state index in [9.17, 15) is 0 Å². The van der Waals surface area contributed by atoms with Crippen molar-refractivity contribution in [1.82, 2.24) is 4.98 Å². The molecule has 0 radical (unpaired) electrons. The first kappa shape index (κ1) is 18.4. The molecule has 3 aromatic rings. The summed E-state index contributed by atoms with van der Waals surface area (Å²) in [6, 6.07) is 14.2. The van der Waals surface area contributed by atoms with E-state index in [2.05, 4.69) is 24.0 Å². The van der Waals surface area contributed by atoms with Gasteiger partial charge in [0.25, 0.3) is 0 Å². The molecule has 0 amide bonds. The van der Waals surface area contributed by atoms with Gasteiger partial charge in [-0.25, -0.2) is 0 Å². The van der Waals surface area contributed by atoms with Gasteiger partial charge in [-0.05, 0) is 55.7 Å². The number of fused-ring (bicyclic) bond motifs is 1. The molecule has 1 aromatic heterocycles. The molecule has 1 saturated heterocycles. The molecule has 0 bridgehead atoms. The fourth-order valence-electron chi connectivity index (χ4n) is 3.76. The Morgan fingerprint density at radius 3 is 2.46 bits per heavy atom. The fraction of sp³-hybridized carbons (Fsp3) is 0.348. The van der Waals surface area contributed by atoms with Gasteiger partial charge >= 0.3 is 0 Å². The number of pyridine rings is 1. The minimum absolute atomic E-state index is 0.455. The highest BCUT2D eigenvalue weighted by Crippen LogP contribution is 2.32. The number of hydrogen-bond donors (Lipinski definition) is 0. The molecule has 1 aliphatic heterocycles. The van der Waals surface area contributed by atoms with Crippen LogP contribution in [0.2, 0.25) is 0 Å². The zero-order chi connectivity index (χ0) is 19.5. The van der Waals surface area contributed by atoms with Crippen LogP contribution in [0.5, 0.6) is 17.2 Å². The lowest BCUT2D eigenvalue weighted by Crippen LogP contribution is -2.18. The molecule has 5 heteroatoms. The van der Waals surface area contributed by atoms with Gasteiger partial charge < -0.3 is 19.1 Å². The van der Waals surface area contributed by atoms with E-state index in [0.717, 1.165) is 35.6 Å². The second kappa shape index (κ2) is 7.97. The van der Waals surface area contributed by atoms with Crippen LogP contribution in [0.3, 0.4) is 0 Å². The van der Waals surface area contributed by atoms with Gasteiger partial charge in [-0.3, -0.25) is 4.98 Å². The van der Waals surface area contributed by atoms with Crippen molar-refractivity contribution in [2.45, 2.75) is 26.4 Å². The average Bonchev–Trinajstić information content (AvgIpc) is 3.25. The average molecular weight is 378 g/mol. The van der Waals surface area contributed by atoms with Crippen LogP contribution in [-0.4, -0.2) is 32.3 Å². The van der Waals surface area contributed by atoms with E-state index in [-0.39, 0.29) is 0 Å². The van der Waals surface area contributed by atoms with Crippen molar-refractivity contribution < 1.29 is 14.2 Å². The number of methoxy groups -OCH3 is 2. The van der Waals surface area contributed by atoms with Crippen LogP contribution in [0.1, 0.15) is 24.1 Å². The summed E-state index contributed by atoms with van der Waals surface area (Å²) < 4.78 is 16.7. The maximum absolute atomic E-state index is 6.03. The molecule has 0 atom stereocenters. The van der Waals surface area contributed by atoms with Gasteiger partial charge in [-0.2, -0.15) is 0 Å². The van der Waals surface area contributed by atoms with E-state index in [1.807, 2.05) is 30.3 Å². The maximum Gasteiger partial charge on any atom is 0.161 e. The van der Waals surface area contributed by atoms with Crippen molar-refractivity contribution in [3.8, 4) is 17.2 Å². The zero-order valence-electron chi connectivity index (χ0n) is 16.7. The number of rotatable bonds is 6. The summed E-state index contributed by atoms with van der Waals surface area (Å²) in [7, 11) is 3.27. The molecule has 1 fully saturated rings. The first-order chi connectivity index (χ1) is 13.7. The molecule has 4 rings (SSSR count). The van der Waals surface area contributed by atoms with Crippen LogP contribution in [0.4, 0.5) is 5.69 Å². The van der Waals surface area contributed by atoms with E-state index < -0.39 is 0 Å². The lowest BCUT2D eigenvalue weighted by molar-refractivity contribution is 0.304. The van der Waals surface area contributed by atoms with Crippen molar-refractivity contribution in [1.29, 1.82) is 0 Å². The molecule has 0 spiro atoms. The Hall–Kier alpha value is -2.95. The summed E-state index contributed by atoms with van der Waals surface area (Å²) in [4.78, 5) is 7.19. The first-order valence-corrected chi connectivity index (χ1v) is 9.68. The topological polar surface area (TPSA) is 43.8 Å². The largest absolute Gasteiger partial charge is 0.493 e. The summed E-state index contributed by atoms with van der Waals surface area (Å²) in [6.45, 7) is 4.75. The van der Waals surface area contributed by atoms with Crippen molar-refractivity contribution in [3.63, 3.8) is 0 Å². The molecule has 2 aromatic carbocycles. The SMILES string of the molecule is COc1ccc(COc2ccc3c(N4CCCC4)cc(C)nc3c2)cc1OC. The van der Waals surface area contributed by atoms with Crippen LogP contribution in [0, 0.1) is 6.92 Å². The lowest BCUT2D eigenvalue weighted by atomic mass is 10.1. The number of benzene rings is 2. The van der Waals surface area contributed by atoms with E-state index in [0.29, 0.717) is 18.1 Å². The van der Waals surface area contributed by atoms with E-state index in [4.69, 9.17) is 19.2 Å². The second-order valence-corrected chi connectivity index (χ2v) is 7.13. The minimum atomic E-state index is 0.455. The summed E-state index contributed by atoms with van der Waals surface area (Å²) in [5.41, 5.74) is 4.32. The number of anilines is 1. The first-order valence-electron chi connectivity index (χ1n) is 9.68. The maximum atomic E-state index is 6.03. The normalized spacial score (nSPS) is 13.8. The standard InChI is InChI=1S/C23H26N2O3/c1-16-12-21(25-10-4-5-11-25)19-8-7-18(14-20(19)24-16)28-15-17-6-9-22(26-2)23(13-17)27-3/h6-9,12-14H,4-5,10-11,15H2,1-3H3. The van der Waals surface area contributed by atoms with Gasteiger partial charge in [-0.15, -0.1) is 0 Å². The second-order valence-electron chi connectivity index (χ2n) is 7.13. The highest BCUT2D eigenvalue weighted by atomic mass is 16.5. The Kier molecular flexibility index (Phi) is 5.24. The number of nitrogens with zero attached hydrogens (tertiary/aromatic N) is 2. The third kappa shape index (κ3) is 3.70. The summed E-state index contributed by atoms with van der Waals surface area (Å²) >= 11 is 0. The number of ether oxygens (including phenoxy) is 3. The molecule has 0 saturated carbocycles. The Bertz CT molecular complexity index is 981. The molecule has 0 unspecified atom stereocenters. The Labute approximate surface area is 165 Å². The van der Waals surface area contributed by atoms with Gasteiger partial charge in [-0.1, -0.05) is 6.07 Å². The number of hydrogen-bond acceptors (Lipinski definition) is 5. The summed E-state index contributed by atoms with van der Waals surface area (Å²) in [5.74, 6) is 2.23. The van der Waals surface area contributed by atoms with Gasteiger partial charge in [0.15, 0.2) is 11.5 Å². The van der Waals surface area contributed by atoms with Crippen molar-refractivity contribution >= 4 is 16.6 Å². The molecule has 5 nitrogen and oxygen atoms in total. The summed E-state index contributed by atoms with van der Waals surface area (Å²) in [6.07, 6.45) is 2.52. The summed E-state index contributed by atoms with van der Waals surface area (Å²) in [5, 5.41) is 1.19. The smallest absolute Gasteiger partial charge is 0.161 e. The van der Waals surface area contributed by atoms with Gasteiger partial charge in [0.1, 0.15) is 12.4 Å². The molecule has 2 heterocycles. The zero-order valence-corrected chi connectivity index (χ0v) is 16.7. The monoisotopic (exact) mass is 378 g/mol. The fourth-order valence-corrected chi connectivity index (χ4v) is 3.76. The van der Waals surface area contributed by atoms with Gasteiger partial charge in [0.2, 0.25) is 0 Å². The predicted molar refractivity (Wildman–Crippen MR) is 112 cm³/mol. The number of aromatic nitrogens is 1. The van der Waals surface area contributed by atoms with Crippen molar-refractivity contribution in [3.05, 3.63) is 53.7 Å². The highest BCUT2D eigenvalue weighted by molar-refractivity contribution is 5.93. The third-order valence-electron chi connectivity index (χ3n) is 5.19. The Morgan fingerprint density at radius 1 is 0.929 bits per heavy atom. The van der Waals surface area contributed by atoms with Gasteiger partial charge in [0.05, 0.1) is 19.7 Å². The van der Waals surface area contributed by atoms with E-state index in [1.165, 1.54) is 23.9 Å². The predicted octanol–water partition coefficient (Wildman–Crippen LogP) is 4.74. The highest BCUT2D eigenvalue weighted by Gasteiger charge is 2.16. The van der Waals surface area contributed by atoms with Crippen molar-refractivity contribution in [2.24, 2.45) is 0 Å². The van der Waals surface area contributed by atoms with Crippen LogP contribution in [0.25, 0.3) is 10.9 Å². The molecule has 146 valence electrons. The quantitative estimate of drug-likeness (QED) is 0.620.